The van der Waals surface area contributed by atoms with Crippen LogP contribution in [0.1, 0.15) is 10.4 Å². The van der Waals surface area contributed by atoms with Gasteiger partial charge in [-0.2, -0.15) is 0 Å². The number of carbonyl (C=O) groups excluding carboxylic acids is 2. The summed E-state index contributed by atoms with van der Waals surface area (Å²) in [5.74, 6) is -0.566. The van der Waals surface area contributed by atoms with Crippen molar-refractivity contribution in [3.05, 3.63) is 62.5 Å². The van der Waals surface area contributed by atoms with Gasteiger partial charge in [0.15, 0.2) is 13.2 Å². The summed E-state index contributed by atoms with van der Waals surface area (Å²) in [6.45, 7) is -0.721. The zero-order valence-corrected chi connectivity index (χ0v) is 14.8. The summed E-state index contributed by atoms with van der Waals surface area (Å²) >= 11 is 15.0. The van der Waals surface area contributed by atoms with Crippen molar-refractivity contribution in [2.24, 2.45) is 0 Å². The smallest absolute Gasteiger partial charge is 0.344 e. The SMILES string of the molecule is O=C(COc1ccc(Br)cc1)OCC(=O)c1cc(Cl)ccc1Cl. The molecular weight excluding hydrogens is 407 g/mol. The van der Waals surface area contributed by atoms with Crippen molar-refractivity contribution in [2.45, 2.75) is 0 Å². The predicted molar refractivity (Wildman–Crippen MR) is 91.4 cm³/mol. The molecule has 7 heteroatoms. The Labute approximate surface area is 151 Å². The van der Waals surface area contributed by atoms with Crippen LogP contribution in [0.2, 0.25) is 10.0 Å². The Kier molecular flexibility index (Phi) is 6.45. The Morgan fingerprint density at radius 3 is 2.39 bits per heavy atom. The zero-order chi connectivity index (χ0) is 16.8. The minimum atomic E-state index is -0.653. The van der Waals surface area contributed by atoms with E-state index in [0.29, 0.717) is 10.8 Å². The molecule has 0 fully saturated rings. The van der Waals surface area contributed by atoms with Crippen molar-refractivity contribution in [2.75, 3.05) is 13.2 Å². The molecule has 4 nitrogen and oxygen atoms in total. The second-order valence-electron chi connectivity index (χ2n) is 4.45. The van der Waals surface area contributed by atoms with E-state index >= 15 is 0 Å². The Hall–Kier alpha value is -1.56. The number of carbonyl (C=O) groups is 2. The summed E-state index contributed by atoms with van der Waals surface area (Å²) in [7, 11) is 0. The highest BCUT2D eigenvalue weighted by atomic mass is 79.9. The minimum absolute atomic E-state index is 0.209. The van der Waals surface area contributed by atoms with Gasteiger partial charge in [-0.1, -0.05) is 39.1 Å². The van der Waals surface area contributed by atoms with Gasteiger partial charge in [-0.3, -0.25) is 4.79 Å². The van der Waals surface area contributed by atoms with Gasteiger partial charge < -0.3 is 9.47 Å². The molecule has 23 heavy (non-hydrogen) atoms. The van der Waals surface area contributed by atoms with Crippen LogP contribution < -0.4 is 4.74 Å². The molecule has 0 spiro atoms. The fourth-order valence-corrected chi connectivity index (χ4v) is 2.31. The average Bonchev–Trinajstić information content (AvgIpc) is 2.54. The fraction of sp³-hybridized carbons (Fsp3) is 0.125. The first kappa shape index (κ1) is 17.8. The molecule has 0 saturated heterocycles. The van der Waals surface area contributed by atoms with Crippen molar-refractivity contribution >= 4 is 50.9 Å². The van der Waals surface area contributed by atoms with Crippen LogP contribution in [0.4, 0.5) is 0 Å². The number of rotatable bonds is 6. The molecule has 0 aliphatic rings. The van der Waals surface area contributed by atoms with E-state index in [1.807, 2.05) is 0 Å². The lowest BCUT2D eigenvalue weighted by Gasteiger charge is -2.08. The first-order chi connectivity index (χ1) is 11.0. The van der Waals surface area contributed by atoms with Crippen LogP contribution in [-0.4, -0.2) is 25.0 Å². The van der Waals surface area contributed by atoms with Crippen LogP contribution in [0.3, 0.4) is 0 Å². The first-order valence-electron chi connectivity index (χ1n) is 6.48. The highest BCUT2D eigenvalue weighted by Crippen LogP contribution is 2.21. The van der Waals surface area contributed by atoms with E-state index in [0.717, 1.165) is 4.47 Å². The maximum absolute atomic E-state index is 12.0. The lowest BCUT2D eigenvalue weighted by molar-refractivity contribution is -0.144. The summed E-state index contributed by atoms with van der Waals surface area (Å²) in [6.07, 6.45) is 0. The van der Waals surface area contributed by atoms with Gasteiger partial charge in [-0.25, -0.2) is 4.79 Å². The average molecular weight is 418 g/mol. The zero-order valence-electron chi connectivity index (χ0n) is 11.7. The number of ketones is 1. The molecule has 2 aromatic rings. The van der Waals surface area contributed by atoms with Crippen molar-refractivity contribution in [3.63, 3.8) is 0 Å². The normalized spacial score (nSPS) is 10.2. The fourth-order valence-electron chi connectivity index (χ4n) is 1.65. The number of esters is 1. The molecule has 120 valence electrons. The van der Waals surface area contributed by atoms with Crippen LogP contribution in [0.25, 0.3) is 0 Å². The number of Topliss-reactive ketones (excluding diaryl/α,β-unsaturated/α-hetero) is 1. The topological polar surface area (TPSA) is 52.6 Å². The van der Waals surface area contributed by atoms with Gasteiger partial charge in [0, 0.05) is 15.1 Å². The molecule has 2 aromatic carbocycles. The summed E-state index contributed by atoms with van der Waals surface area (Å²) in [4.78, 5) is 23.6. The van der Waals surface area contributed by atoms with Crippen LogP contribution >= 0.6 is 39.1 Å². The number of ether oxygens (including phenoxy) is 2. The van der Waals surface area contributed by atoms with Gasteiger partial charge >= 0.3 is 5.97 Å². The third-order valence-electron chi connectivity index (χ3n) is 2.76. The molecule has 2 rings (SSSR count). The minimum Gasteiger partial charge on any atom is -0.482 e. The predicted octanol–water partition coefficient (Wildman–Crippen LogP) is 4.56. The number of hydrogen-bond acceptors (Lipinski definition) is 4. The van der Waals surface area contributed by atoms with E-state index in [9.17, 15) is 9.59 Å². The highest BCUT2D eigenvalue weighted by Gasteiger charge is 2.14. The largest absolute Gasteiger partial charge is 0.482 e. The molecule has 0 heterocycles. The van der Waals surface area contributed by atoms with E-state index < -0.39 is 18.4 Å². The second kappa shape index (κ2) is 8.34. The third kappa shape index (κ3) is 5.53. The summed E-state index contributed by atoms with van der Waals surface area (Å²) in [6, 6.07) is 11.5. The molecule has 0 unspecified atom stereocenters. The molecule has 0 saturated carbocycles. The standard InChI is InChI=1S/C16H11BrCl2O4/c17-10-1-4-12(5-2-10)22-9-16(21)23-8-15(20)13-7-11(18)3-6-14(13)19/h1-7H,8-9H2. The van der Waals surface area contributed by atoms with Gasteiger partial charge in [0.05, 0.1) is 5.02 Å². The second-order valence-corrected chi connectivity index (χ2v) is 6.21. The van der Waals surface area contributed by atoms with E-state index in [2.05, 4.69) is 15.9 Å². The third-order valence-corrected chi connectivity index (χ3v) is 3.86. The van der Waals surface area contributed by atoms with Crippen LogP contribution in [0.15, 0.2) is 46.9 Å². The maximum atomic E-state index is 12.0. The van der Waals surface area contributed by atoms with Crippen LogP contribution in [-0.2, 0) is 9.53 Å². The first-order valence-corrected chi connectivity index (χ1v) is 8.03. The quantitative estimate of drug-likeness (QED) is 0.510. The molecule has 0 N–H and O–H groups in total. The molecule has 0 amide bonds. The van der Waals surface area contributed by atoms with Crippen molar-refractivity contribution in [1.82, 2.24) is 0 Å². The van der Waals surface area contributed by atoms with Gasteiger partial charge in [0.25, 0.3) is 0 Å². The van der Waals surface area contributed by atoms with E-state index in [1.54, 1.807) is 30.3 Å². The summed E-state index contributed by atoms with van der Waals surface area (Å²) in [5.41, 5.74) is 0.209. The van der Waals surface area contributed by atoms with Gasteiger partial charge in [0.2, 0.25) is 5.78 Å². The number of halogens is 3. The van der Waals surface area contributed by atoms with Gasteiger partial charge in [0.1, 0.15) is 5.75 Å². The molecule has 0 radical (unpaired) electrons. The molecule has 0 aliphatic heterocycles. The summed E-state index contributed by atoms with van der Waals surface area (Å²) in [5, 5.41) is 0.629. The molecule has 0 aromatic heterocycles. The molecule has 0 atom stereocenters. The van der Waals surface area contributed by atoms with E-state index in [-0.39, 0.29) is 17.2 Å². The Bertz CT molecular complexity index is 717. The van der Waals surface area contributed by atoms with E-state index in [1.165, 1.54) is 12.1 Å². The molecular formula is C16H11BrCl2O4. The van der Waals surface area contributed by atoms with Crippen LogP contribution in [0.5, 0.6) is 5.75 Å². The van der Waals surface area contributed by atoms with Crippen LogP contribution in [0, 0.1) is 0 Å². The highest BCUT2D eigenvalue weighted by molar-refractivity contribution is 9.10. The van der Waals surface area contributed by atoms with Crippen molar-refractivity contribution < 1.29 is 19.1 Å². The Balaban J connectivity index is 1.83. The molecule has 0 bridgehead atoms. The number of benzene rings is 2. The maximum Gasteiger partial charge on any atom is 0.344 e. The monoisotopic (exact) mass is 416 g/mol. The molecule has 0 aliphatic carbocycles. The van der Waals surface area contributed by atoms with Gasteiger partial charge in [-0.15, -0.1) is 0 Å². The Morgan fingerprint density at radius 1 is 1.00 bits per heavy atom. The van der Waals surface area contributed by atoms with Crippen molar-refractivity contribution in [1.29, 1.82) is 0 Å². The summed E-state index contributed by atoms with van der Waals surface area (Å²) < 4.78 is 11.0. The lowest BCUT2D eigenvalue weighted by Crippen LogP contribution is -2.19. The Morgan fingerprint density at radius 2 is 1.70 bits per heavy atom. The van der Waals surface area contributed by atoms with Gasteiger partial charge in [-0.05, 0) is 42.5 Å². The lowest BCUT2D eigenvalue weighted by atomic mass is 10.1. The van der Waals surface area contributed by atoms with Crippen molar-refractivity contribution in [3.8, 4) is 5.75 Å². The number of hydrogen-bond donors (Lipinski definition) is 0. The van der Waals surface area contributed by atoms with E-state index in [4.69, 9.17) is 32.7 Å².